The summed E-state index contributed by atoms with van der Waals surface area (Å²) in [5, 5.41) is 12.4. The van der Waals surface area contributed by atoms with Crippen molar-refractivity contribution >= 4 is 17.9 Å². The zero-order valence-electron chi connectivity index (χ0n) is 19.7. The number of carbonyl (C=O) groups excluding carboxylic acids is 1. The van der Waals surface area contributed by atoms with Crippen LogP contribution >= 0.6 is 0 Å². The molecule has 2 N–H and O–H groups in total. The van der Waals surface area contributed by atoms with Gasteiger partial charge in [-0.3, -0.25) is 4.90 Å². The predicted molar refractivity (Wildman–Crippen MR) is 120 cm³/mol. The number of alkyl carbamates (subject to hydrolysis) is 1. The molecular weight excluding hydrogens is 506 g/mol. The summed E-state index contributed by atoms with van der Waals surface area (Å²) in [6, 6.07) is 3.90. The van der Waals surface area contributed by atoms with E-state index in [0.717, 1.165) is 30.4 Å². The van der Waals surface area contributed by atoms with Crippen LogP contribution in [0.3, 0.4) is 0 Å². The first kappa shape index (κ1) is 26.6. The van der Waals surface area contributed by atoms with Gasteiger partial charge in [0.15, 0.2) is 0 Å². The minimum absolute atomic E-state index is 0.0376. The zero-order valence-corrected chi connectivity index (χ0v) is 19.7. The van der Waals surface area contributed by atoms with Crippen LogP contribution in [-0.2, 0) is 36.4 Å². The number of benzene rings is 2. The molecule has 6 nitrogen and oxygen atoms in total. The summed E-state index contributed by atoms with van der Waals surface area (Å²) in [5.74, 6) is 0. The number of carbonyl (C=O) groups is 2. The number of ether oxygens (including phenoxy) is 1. The van der Waals surface area contributed by atoms with Crippen molar-refractivity contribution < 1.29 is 45.8 Å². The van der Waals surface area contributed by atoms with Crippen molar-refractivity contribution in [2.24, 2.45) is 0 Å². The molecule has 12 heteroatoms. The Kier molecular flexibility index (Phi) is 7.04. The molecule has 0 saturated heterocycles. The maximum atomic E-state index is 13.1. The first-order valence-corrected chi connectivity index (χ1v) is 11.6. The van der Waals surface area contributed by atoms with Gasteiger partial charge in [-0.25, -0.2) is 9.59 Å². The molecule has 1 aliphatic heterocycles. The third kappa shape index (κ3) is 5.78. The smallest absolute Gasteiger partial charge is 0.416 e. The number of anilines is 1. The lowest BCUT2D eigenvalue weighted by Crippen LogP contribution is -2.46. The molecule has 0 fully saturated rings. The number of rotatable bonds is 4. The molecule has 2 aromatic carbocycles. The van der Waals surface area contributed by atoms with E-state index >= 15 is 0 Å². The van der Waals surface area contributed by atoms with Crippen LogP contribution < -0.4 is 10.2 Å². The van der Waals surface area contributed by atoms with Gasteiger partial charge >= 0.3 is 24.5 Å². The molecule has 2 amide bonds. The standard InChI is InChI=1S/C25H24F6N2O4/c1-13-7-20(19-10-15-3-2-4-16(15)11-21(19)33(13)23(35)36)32-22(34)37-6-5-14-8-17(24(26,27)28)12-18(9-14)25(29,30)31/h8-13,20H,2-7H2,1H3,(H,32,34)(H,35,36). The Bertz CT molecular complexity index is 1180. The number of hydrogen-bond acceptors (Lipinski definition) is 3. The number of halogens is 6. The Morgan fingerprint density at radius 2 is 1.59 bits per heavy atom. The van der Waals surface area contributed by atoms with Gasteiger partial charge in [-0.05, 0) is 79.1 Å². The van der Waals surface area contributed by atoms with E-state index in [1.807, 2.05) is 12.1 Å². The van der Waals surface area contributed by atoms with E-state index in [0.29, 0.717) is 23.4 Å². The van der Waals surface area contributed by atoms with Crippen molar-refractivity contribution in [1.29, 1.82) is 0 Å². The van der Waals surface area contributed by atoms with E-state index in [2.05, 4.69) is 5.32 Å². The van der Waals surface area contributed by atoms with E-state index in [9.17, 15) is 41.0 Å². The molecular formula is C25H24F6N2O4. The van der Waals surface area contributed by atoms with E-state index in [1.165, 1.54) is 4.90 Å². The van der Waals surface area contributed by atoms with Gasteiger partial charge in [-0.2, -0.15) is 26.3 Å². The highest BCUT2D eigenvalue weighted by atomic mass is 19.4. The summed E-state index contributed by atoms with van der Waals surface area (Å²) in [5.41, 5.74) is 0.0599. The summed E-state index contributed by atoms with van der Waals surface area (Å²) in [4.78, 5) is 25.6. The van der Waals surface area contributed by atoms with E-state index < -0.39 is 54.4 Å². The van der Waals surface area contributed by atoms with Gasteiger partial charge in [0.25, 0.3) is 0 Å². The minimum atomic E-state index is -4.97. The maximum absolute atomic E-state index is 13.1. The largest absolute Gasteiger partial charge is 0.465 e. The molecule has 1 heterocycles. The molecule has 2 aromatic rings. The fraction of sp³-hybridized carbons (Fsp3) is 0.440. The summed E-state index contributed by atoms with van der Waals surface area (Å²) in [6.45, 7) is 1.25. The Labute approximate surface area is 208 Å². The van der Waals surface area contributed by atoms with E-state index in [4.69, 9.17) is 4.74 Å². The van der Waals surface area contributed by atoms with Gasteiger partial charge in [0, 0.05) is 12.5 Å². The number of alkyl halides is 6. The Morgan fingerprint density at radius 3 is 2.16 bits per heavy atom. The van der Waals surface area contributed by atoms with Gasteiger partial charge in [0.05, 0.1) is 29.5 Å². The van der Waals surface area contributed by atoms with Crippen molar-refractivity contribution in [3.05, 3.63) is 63.7 Å². The topological polar surface area (TPSA) is 78.9 Å². The Morgan fingerprint density at radius 1 is 1.00 bits per heavy atom. The number of fused-ring (bicyclic) bond motifs is 2. The second kappa shape index (κ2) is 9.79. The lowest BCUT2D eigenvalue weighted by atomic mass is 9.89. The lowest BCUT2D eigenvalue weighted by molar-refractivity contribution is -0.143. The van der Waals surface area contributed by atoms with Gasteiger partial charge in [-0.1, -0.05) is 6.07 Å². The van der Waals surface area contributed by atoms with Gasteiger partial charge in [0.2, 0.25) is 0 Å². The van der Waals surface area contributed by atoms with Crippen LogP contribution in [-0.4, -0.2) is 29.9 Å². The van der Waals surface area contributed by atoms with Crippen molar-refractivity contribution in [3.63, 3.8) is 0 Å². The number of aryl methyl sites for hydroxylation is 2. The molecule has 2 aliphatic rings. The fourth-order valence-corrected chi connectivity index (χ4v) is 4.97. The van der Waals surface area contributed by atoms with Crippen LogP contribution in [0, 0.1) is 0 Å². The summed E-state index contributed by atoms with van der Waals surface area (Å²) in [7, 11) is 0. The molecule has 0 aromatic heterocycles. The van der Waals surface area contributed by atoms with Crippen LogP contribution in [0.4, 0.5) is 41.6 Å². The van der Waals surface area contributed by atoms with Crippen LogP contribution in [0.5, 0.6) is 0 Å². The summed E-state index contributed by atoms with van der Waals surface area (Å²) < 4.78 is 83.4. The third-order valence-electron chi connectivity index (χ3n) is 6.66. The molecule has 200 valence electrons. The average molecular weight is 530 g/mol. The molecule has 0 bridgehead atoms. The average Bonchev–Trinajstić information content (AvgIpc) is 3.24. The highest BCUT2D eigenvalue weighted by Crippen LogP contribution is 2.41. The second-order valence-electron chi connectivity index (χ2n) is 9.27. The quantitative estimate of drug-likeness (QED) is 0.443. The summed E-state index contributed by atoms with van der Waals surface area (Å²) >= 11 is 0. The van der Waals surface area contributed by atoms with Crippen molar-refractivity contribution in [2.75, 3.05) is 11.5 Å². The lowest BCUT2D eigenvalue weighted by Gasteiger charge is -2.38. The van der Waals surface area contributed by atoms with Crippen LogP contribution in [0.1, 0.15) is 59.2 Å². The van der Waals surface area contributed by atoms with Crippen molar-refractivity contribution in [3.8, 4) is 0 Å². The van der Waals surface area contributed by atoms with Crippen LogP contribution in [0.25, 0.3) is 0 Å². The second-order valence-corrected chi connectivity index (χ2v) is 9.27. The Balaban J connectivity index is 1.46. The van der Waals surface area contributed by atoms with E-state index in [1.54, 1.807) is 6.92 Å². The minimum Gasteiger partial charge on any atom is -0.465 e. The molecule has 2 unspecified atom stereocenters. The molecule has 2 atom stereocenters. The first-order chi connectivity index (χ1) is 17.2. The van der Waals surface area contributed by atoms with Crippen molar-refractivity contribution in [2.45, 2.75) is 63.5 Å². The molecule has 1 aliphatic carbocycles. The molecule has 37 heavy (non-hydrogen) atoms. The zero-order chi connectivity index (χ0) is 27.1. The Hall–Kier alpha value is -3.44. The van der Waals surface area contributed by atoms with Crippen molar-refractivity contribution in [1.82, 2.24) is 5.32 Å². The van der Waals surface area contributed by atoms with Crippen LogP contribution in [0.2, 0.25) is 0 Å². The SMILES string of the molecule is CC1CC(NC(=O)OCCc2cc(C(F)(F)F)cc(C(F)(F)F)c2)c2cc3c(cc2N1C(=O)O)CCC3. The highest BCUT2D eigenvalue weighted by molar-refractivity contribution is 5.89. The normalized spacial score (nSPS) is 19.3. The van der Waals surface area contributed by atoms with Gasteiger partial charge in [0.1, 0.15) is 0 Å². The van der Waals surface area contributed by atoms with Gasteiger partial charge < -0.3 is 15.2 Å². The first-order valence-electron chi connectivity index (χ1n) is 11.6. The molecule has 0 radical (unpaired) electrons. The monoisotopic (exact) mass is 530 g/mol. The molecule has 0 spiro atoms. The van der Waals surface area contributed by atoms with Gasteiger partial charge in [-0.15, -0.1) is 0 Å². The third-order valence-corrected chi connectivity index (χ3v) is 6.66. The van der Waals surface area contributed by atoms with Crippen LogP contribution in [0.15, 0.2) is 30.3 Å². The van der Waals surface area contributed by atoms with E-state index in [-0.39, 0.29) is 24.5 Å². The number of nitrogens with one attached hydrogen (secondary N) is 1. The number of hydrogen-bond donors (Lipinski definition) is 2. The number of amides is 2. The molecule has 0 saturated carbocycles. The highest BCUT2D eigenvalue weighted by Gasteiger charge is 2.38. The maximum Gasteiger partial charge on any atom is 0.416 e. The fourth-order valence-electron chi connectivity index (χ4n) is 4.97. The number of nitrogens with zero attached hydrogens (tertiary/aromatic N) is 1. The predicted octanol–water partition coefficient (Wildman–Crippen LogP) is 6.50. The summed E-state index contributed by atoms with van der Waals surface area (Å²) in [6.07, 6.45) is -9.47. The molecule has 4 rings (SSSR count). The number of carboxylic acid groups (broad SMARTS) is 1.